The molecule has 0 radical (unpaired) electrons. The second-order valence-electron chi connectivity index (χ2n) is 9.21. The lowest BCUT2D eigenvalue weighted by Gasteiger charge is -2.33. The van der Waals surface area contributed by atoms with Gasteiger partial charge in [-0.1, -0.05) is 53.5 Å². The average Bonchev–Trinajstić information content (AvgIpc) is 2.89. The summed E-state index contributed by atoms with van der Waals surface area (Å²) in [7, 11) is 1.84. The maximum absolute atomic E-state index is 14.1. The SMILES string of the molecule is CN(C[C@@H](CCN1CCC(c2cccnc2F)CC1)c1ccc(Cl)c(Cl)c1)C(=O)c1ccccc1.Cl. The van der Waals surface area contributed by atoms with Crippen LogP contribution in [0.2, 0.25) is 10.0 Å². The van der Waals surface area contributed by atoms with Crippen LogP contribution in [0.3, 0.4) is 0 Å². The summed E-state index contributed by atoms with van der Waals surface area (Å²) in [5.41, 5.74) is 2.47. The van der Waals surface area contributed by atoms with E-state index in [0.717, 1.165) is 50.0 Å². The molecule has 1 aliphatic heterocycles. The van der Waals surface area contributed by atoms with Crippen molar-refractivity contribution in [1.82, 2.24) is 14.8 Å². The summed E-state index contributed by atoms with van der Waals surface area (Å²) in [6, 6.07) is 18.7. The Morgan fingerprint density at radius 2 is 1.81 bits per heavy atom. The van der Waals surface area contributed by atoms with Gasteiger partial charge in [-0.25, -0.2) is 4.98 Å². The van der Waals surface area contributed by atoms with Crippen molar-refractivity contribution < 1.29 is 9.18 Å². The van der Waals surface area contributed by atoms with Crippen molar-refractivity contribution in [3.8, 4) is 0 Å². The summed E-state index contributed by atoms with van der Waals surface area (Å²) in [6.45, 7) is 3.28. The Hall–Kier alpha value is -2.18. The number of hydrogen-bond donors (Lipinski definition) is 0. The fourth-order valence-electron chi connectivity index (χ4n) is 4.85. The standard InChI is InChI=1S/C28H30Cl2FN3O.ClH/c1-33(28(35)21-6-3-2-4-7-21)19-23(22-9-10-25(29)26(30)18-22)13-17-34-15-11-20(12-16-34)24-8-5-14-32-27(24)31;/h2-10,14,18,20,23H,11-13,15-17,19H2,1H3;1H/t23-;/m1./s1. The summed E-state index contributed by atoms with van der Waals surface area (Å²) >= 11 is 12.5. The molecular weight excluding hydrogens is 520 g/mol. The summed E-state index contributed by atoms with van der Waals surface area (Å²) in [6.07, 6.45) is 4.19. The molecule has 1 amide bonds. The monoisotopic (exact) mass is 549 g/mol. The second kappa shape index (κ2) is 13.4. The van der Waals surface area contributed by atoms with Crippen LogP contribution < -0.4 is 0 Å². The number of nitrogens with zero attached hydrogens (tertiary/aromatic N) is 3. The van der Waals surface area contributed by atoms with Crippen LogP contribution in [0, 0.1) is 5.95 Å². The van der Waals surface area contributed by atoms with Crippen molar-refractivity contribution >= 4 is 41.5 Å². The lowest BCUT2D eigenvalue weighted by molar-refractivity contribution is 0.0781. The van der Waals surface area contributed by atoms with Crippen molar-refractivity contribution in [3.63, 3.8) is 0 Å². The van der Waals surface area contributed by atoms with Crippen LogP contribution in [-0.2, 0) is 0 Å². The first kappa shape index (κ1) is 28.4. The van der Waals surface area contributed by atoms with Crippen LogP contribution in [0.1, 0.15) is 52.6 Å². The molecule has 1 saturated heterocycles. The minimum atomic E-state index is -0.350. The van der Waals surface area contributed by atoms with E-state index in [9.17, 15) is 9.18 Å². The van der Waals surface area contributed by atoms with Crippen LogP contribution in [0.15, 0.2) is 66.9 Å². The van der Waals surface area contributed by atoms with Gasteiger partial charge >= 0.3 is 0 Å². The molecule has 1 fully saturated rings. The third-order valence-electron chi connectivity index (χ3n) is 6.89. The molecule has 1 aromatic heterocycles. The first-order chi connectivity index (χ1) is 16.9. The minimum absolute atomic E-state index is 0. The number of aromatic nitrogens is 1. The van der Waals surface area contributed by atoms with E-state index in [-0.39, 0.29) is 36.1 Å². The number of amides is 1. The second-order valence-corrected chi connectivity index (χ2v) is 10.0. The van der Waals surface area contributed by atoms with Crippen molar-refractivity contribution in [2.45, 2.75) is 31.1 Å². The molecule has 0 spiro atoms. The smallest absolute Gasteiger partial charge is 0.253 e. The lowest BCUT2D eigenvalue weighted by Crippen LogP contribution is -2.36. The molecule has 0 bridgehead atoms. The van der Waals surface area contributed by atoms with Gasteiger partial charge in [-0.3, -0.25) is 4.79 Å². The zero-order valence-corrected chi connectivity index (χ0v) is 22.6. The number of benzene rings is 2. The molecule has 4 nitrogen and oxygen atoms in total. The number of likely N-dealkylation sites (tertiary alicyclic amines) is 1. The van der Waals surface area contributed by atoms with E-state index in [2.05, 4.69) is 9.88 Å². The largest absolute Gasteiger partial charge is 0.341 e. The molecule has 0 unspecified atom stereocenters. The molecule has 1 aliphatic rings. The average molecular weight is 551 g/mol. The molecule has 0 aliphatic carbocycles. The summed E-state index contributed by atoms with van der Waals surface area (Å²) in [4.78, 5) is 21.0. The summed E-state index contributed by atoms with van der Waals surface area (Å²) in [5.74, 6) is -0.0388. The van der Waals surface area contributed by atoms with Crippen molar-refractivity contribution in [2.24, 2.45) is 0 Å². The van der Waals surface area contributed by atoms with Crippen LogP contribution in [0.5, 0.6) is 0 Å². The molecule has 192 valence electrons. The molecule has 2 aromatic carbocycles. The zero-order valence-electron chi connectivity index (χ0n) is 20.2. The molecular formula is C28H31Cl3FN3O. The highest BCUT2D eigenvalue weighted by molar-refractivity contribution is 6.42. The van der Waals surface area contributed by atoms with E-state index >= 15 is 0 Å². The first-order valence-electron chi connectivity index (χ1n) is 12.0. The van der Waals surface area contributed by atoms with Crippen molar-refractivity contribution in [3.05, 3.63) is 99.5 Å². The number of pyridine rings is 1. The maximum atomic E-state index is 14.1. The van der Waals surface area contributed by atoms with Crippen molar-refractivity contribution in [2.75, 3.05) is 33.2 Å². The normalized spacial score (nSPS) is 15.2. The van der Waals surface area contributed by atoms with E-state index < -0.39 is 0 Å². The molecule has 2 heterocycles. The van der Waals surface area contributed by atoms with Gasteiger partial charge in [-0.05, 0) is 80.7 Å². The van der Waals surface area contributed by atoms with Gasteiger partial charge in [0.25, 0.3) is 5.91 Å². The quantitative estimate of drug-likeness (QED) is 0.281. The Morgan fingerprint density at radius 3 is 2.47 bits per heavy atom. The lowest BCUT2D eigenvalue weighted by atomic mass is 9.89. The van der Waals surface area contributed by atoms with E-state index in [0.29, 0.717) is 22.2 Å². The fourth-order valence-corrected chi connectivity index (χ4v) is 5.16. The Kier molecular flexibility index (Phi) is 10.6. The highest BCUT2D eigenvalue weighted by Gasteiger charge is 2.25. The van der Waals surface area contributed by atoms with E-state index in [4.69, 9.17) is 23.2 Å². The number of piperidine rings is 1. The van der Waals surface area contributed by atoms with Gasteiger partial charge in [0.1, 0.15) is 0 Å². The van der Waals surface area contributed by atoms with Gasteiger partial charge in [0, 0.05) is 36.8 Å². The van der Waals surface area contributed by atoms with E-state index in [1.54, 1.807) is 11.0 Å². The summed E-state index contributed by atoms with van der Waals surface area (Å²) < 4.78 is 14.1. The highest BCUT2D eigenvalue weighted by atomic mass is 35.5. The molecule has 0 saturated carbocycles. The Morgan fingerprint density at radius 1 is 1.08 bits per heavy atom. The van der Waals surface area contributed by atoms with Crippen LogP contribution in [0.4, 0.5) is 4.39 Å². The van der Waals surface area contributed by atoms with Crippen LogP contribution in [-0.4, -0.2) is 53.9 Å². The number of carbonyl (C=O) groups is 1. The number of halogens is 4. The van der Waals surface area contributed by atoms with Gasteiger partial charge in [0.2, 0.25) is 5.95 Å². The number of carbonyl (C=O) groups excluding carboxylic acids is 1. The molecule has 1 atom stereocenters. The molecule has 8 heteroatoms. The maximum Gasteiger partial charge on any atom is 0.253 e. The Bertz CT molecular complexity index is 1140. The van der Waals surface area contributed by atoms with Gasteiger partial charge < -0.3 is 9.80 Å². The predicted molar refractivity (Wildman–Crippen MR) is 147 cm³/mol. The van der Waals surface area contributed by atoms with Crippen LogP contribution >= 0.6 is 35.6 Å². The zero-order chi connectivity index (χ0) is 24.8. The Balaban J connectivity index is 0.00000361. The first-order valence-corrected chi connectivity index (χ1v) is 12.8. The van der Waals surface area contributed by atoms with Gasteiger partial charge in [0.15, 0.2) is 0 Å². The minimum Gasteiger partial charge on any atom is -0.341 e. The topological polar surface area (TPSA) is 36.4 Å². The molecule has 0 N–H and O–H groups in total. The van der Waals surface area contributed by atoms with E-state index in [1.807, 2.05) is 61.6 Å². The third kappa shape index (κ3) is 7.19. The number of rotatable bonds is 8. The highest BCUT2D eigenvalue weighted by Crippen LogP contribution is 2.32. The summed E-state index contributed by atoms with van der Waals surface area (Å²) in [5, 5.41) is 1.04. The van der Waals surface area contributed by atoms with Crippen LogP contribution in [0.25, 0.3) is 0 Å². The van der Waals surface area contributed by atoms with E-state index in [1.165, 1.54) is 6.20 Å². The predicted octanol–water partition coefficient (Wildman–Crippen LogP) is 7.07. The number of hydrogen-bond acceptors (Lipinski definition) is 3. The van der Waals surface area contributed by atoms with Gasteiger partial charge in [-0.2, -0.15) is 4.39 Å². The van der Waals surface area contributed by atoms with Gasteiger partial charge in [-0.15, -0.1) is 12.4 Å². The molecule has 36 heavy (non-hydrogen) atoms. The van der Waals surface area contributed by atoms with Gasteiger partial charge in [0.05, 0.1) is 10.0 Å². The number of likely N-dealkylation sites (N-methyl/N-ethyl adjacent to an activating group) is 1. The molecule has 4 rings (SSSR count). The fraction of sp³-hybridized carbons (Fsp3) is 0.357. The van der Waals surface area contributed by atoms with Crippen molar-refractivity contribution in [1.29, 1.82) is 0 Å². The Labute approximate surface area is 228 Å². The molecule has 3 aromatic rings. The third-order valence-corrected chi connectivity index (χ3v) is 7.62.